The lowest BCUT2D eigenvalue weighted by atomic mass is 10.2. The number of benzene rings is 1. The Balaban J connectivity index is 2.12. The van der Waals surface area contributed by atoms with E-state index in [0.717, 1.165) is 10.4 Å². The van der Waals surface area contributed by atoms with Crippen molar-refractivity contribution in [3.8, 4) is 0 Å². The van der Waals surface area contributed by atoms with Gasteiger partial charge in [0.05, 0.1) is 22.5 Å². The van der Waals surface area contributed by atoms with Crippen LogP contribution in [0.5, 0.6) is 0 Å². The first-order chi connectivity index (χ1) is 9.08. The van der Waals surface area contributed by atoms with E-state index in [2.05, 4.69) is 10.5 Å². The Kier molecular flexibility index (Phi) is 4.19. The Hall–Kier alpha value is -1.85. The van der Waals surface area contributed by atoms with Crippen molar-refractivity contribution in [2.24, 2.45) is 5.10 Å². The molecule has 19 heavy (non-hydrogen) atoms. The van der Waals surface area contributed by atoms with Crippen LogP contribution in [0, 0.1) is 6.92 Å². The molecule has 0 bridgehead atoms. The molecule has 0 radical (unpaired) electrons. The number of nitrogens with zero attached hydrogens (tertiary/aromatic N) is 1. The van der Waals surface area contributed by atoms with Gasteiger partial charge in [-0.25, -0.2) is 4.79 Å². The van der Waals surface area contributed by atoms with Crippen molar-refractivity contribution in [2.75, 3.05) is 5.43 Å². The summed E-state index contributed by atoms with van der Waals surface area (Å²) in [5, 5.41) is 15.2. The third-order valence-corrected chi connectivity index (χ3v) is 3.76. The van der Waals surface area contributed by atoms with Crippen LogP contribution in [0.15, 0.2) is 34.7 Å². The molecule has 0 spiro atoms. The predicted octanol–water partition coefficient (Wildman–Crippen LogP) is 3.85. The predicted molar refractivity (Wildman–Crippen MR) is 78.7 cm³/mol. The molecule has 0 atom stereocenters. The van der Waals surface area contributed by atoms with Crippen LogP contribution in [-0.4, -0.2) is 17.3 Å². The minimum Gasteiger partial charge on any atom is -0.478 e. The number of thiophene rings is 1. The lowest BCUT2D eigenvalue weighted by Gasteiger charge is -2.03. The number of rotatable bonds is 4. The maximum atomic E-state index is 10.9. The van der Waals surface area contributed by atoms with Crippen LogP contribution < -0.4 is 5.43 Å². The summed E-state index contributed by atoms with van der Waals surface area (Å²) in [4.78, 5) is 12.0. The van der Waals surface area contributed by atoms with Gasteiger partial charge >= 0.3 is 5.97 Å². The van der Waals surface area contributed by atoms with Crippen molar-refractivity contribution >= 4 is 40.8 Å². The number of halogens is 1. The van der Waals surface area contributed by atoms with Gasteiger partial charge in [-0.15, -0.1) is 11.3 Å². The summed E-state index contributed by atoms with van der Waals surface area (Å²) in [5.41, 5.74) is 4.56. The van der Waals surface area contributed by atoms with E-state index >= 15 is 0 Å². The van der Waals surface area contributed by atoms with E-state index in [0.29, 0.717) is 5.69 Å². The second kappa shape index (κ2) is 5.86. The number of hydrogen-bond donors (Lipinski definition) is 2. The standard InChI is InChI=1S/C13H11ClN2O2S/c1-8-4-5-19-12(8)7-15-16-9-2-3-11(14)10(6-9)13(17)18/h2-7,16H,1H3,(H,17,18)/b15-7-. The molecule has 0 aliphatic heterocycles. The molecule has 2 rings (SSSR count). The van der Waals surface area contributed by atoms with E-state index in [1.165, 1.54) is 12.1 Å². The molecule has 0 fully saturated rings. The fourth-order valence-corrected chi connectivity index (χ4v) is 2.43. The molecule has 0 unspecified atom stereocenters. The highest BCUT2D eigenvalue weighted by atomic mass is 35.5. The van der Waals surface area contributed by atoms with Gasteiger partial charge in [-0.05, 0) is 42.1 Å². The summed E-state index contributed by atoms with van der Waals surface area (Å²) >= 11 is 7.37. The lowest BCUT2D eigenvalue weighted by Crippen LogP contribution is -1.99. The summed E-state index contributed by atoms with van der Waals surface area (Å²) in [6, 6.07) is 6.66. The average Bonchev–Trinajstić information content (AvgIpc) is 2.77. The number of anilines is 1. The van der Waals surface area contributed by atoms with E-state index in [1.807, 2.05) is 18.4 Å². The highest BCUT2D eigenvalue weighted by molar-refractivity contribution is 7.11. The zero-order valence-corrected chi connectivity index (χ0v) is 11.6. The molecule has 2 N–H and O–H groups in total. The monoisotopic (exact) mass is 294 g/mol. The SMILES string of the molecule is Cc1ccsc1/C=N\Nc1ccc(Cl)c(C(=O)O)c1. The number of aryl methyl sites for hydroxylation is 1. The molecule has 4 nitrogen and oxygen atoms in total. The van der Waals surface area contributed by atoms with Crippen molar-refractivity contribution in [3.05, 3.63) is 50.7 Å². The number of carboxylic acid groups (broad SMARTS) is 1. The molecule has 1 aromatic heterocycles. The van der Waals surface area contributed by atoms with Gasteiger partial charge in [0.2, 0.25) is 0 Å². The summed E-state index contributed by atoms with van der Waals surface area (Å²) in [5.74, 6) is -1.06. The summed E-state index contributed by atoms with van der Waals surface area (Å²) in [6.07, 6.45) is 1.70. The first-order valence-corrected chi connectivity index (χ1v) is 6.69. The minimum absolute atomic E-state index is 0.0502. The molecule has 0 saturated heterocycles. The Morgan fingerprint density at radius 1 is 1.47 bits per heavy atom. The minimum atomic E-state index is -1.06. The molecule has 98 valence electrons. The van der Waals surface area contributed by atoms with Gasteiger partial charge in [-0.2, -0.15) is 5.10 Å². The van der Waals surface area contributed by atoms with Gasteiger partial charge in [-0.1, -0.05) is 11.6 Å². The average molecular weight is 295 g/mol. The van der Waals surface area contributed by atoms with Crippen LogP contribution in [0.3, 0.4) is 0 Å². The van der Waals surface area contributed by atoms with E-state index in [-0.39, 0.29) is 10.6 Å². The van der Waals surface area contributed by atoms with Crippen LogP contribution in [0.2, 0.25) is 5.02 Å². The largest absolute Gasteiger partial charge is 0.478 e. The first kappa shape index (κ1) is 13.6. The van der Waals surface area contributed by atoms with Gasteiger partial charge in [0.1, 0.15) is 0 Å². The zero-order chi connectivity index (χ0) is 13.8. The number of aromatic carboxylic acids is 1. The fourth-order valence-electron chi connectivity index (χ4n) is 1.44. The Bertz CT molecular complexity index is 637. The third kappa shape index (κ3) is 3.33. The maximum Gasteiger partial charge on any atom is 0.337 e. The second-order valence-corrected chi connectivity index (χ2v) is 5.19. The van der Waals surface area contributed by atoms with Gasteiger partial charge in [-0.3, -0.25) is 5.43 Å². The van der Waals surface area contributed by atoms with Crippen LogP contribution in [0.4, 0.5) is 5.69 Å². The molecule has 0 aliphatic carbocycles. The molecule has 0 aliphatic rings. The van der Waals surface area contributed by atoms with Gasteiger partial charge < -0.3 is 5.11 Å². The molecule has 0 saturated carbocycles. The van der Waals surface area contributed by atoms with E-state index < -0.39 is 5.97 Å². The Morgan fingerprint density at radius 2 is 2.26 bits per heavy atom. The van der Waals surface area contributed by atoms with E-state index in [1.54, 1.807) is 23.6 Å². The van der Waals surface area contributed by atoms with Crippen molar-refractivity contribution in [3.63, 3.8) is 0 Å². The van der Waals surface area contributed by atoms with E-state index in [9.17, 15) is 4.79 Å². The van der Waals surface area contributed by atoms with E-state index in [4.69, 9.17) is 16.7 Å². The number of hydrazone groups is 1. The van der Waals surface area contributed by atoms with Crippen molar-refractivity contribution in [1.82, 2.24) is 0 Å². The molecule has 0 amide bonds. The smallest absolute Gasteiger partial charge is 0.337 e. The van der Waals surface area contributed by atoms with Gasteiger partial charge in [0, 0.05) is 4.88 Å². The first-order valence-electron chi connectivity index (χ1n) is 5.44. The zero-order valence-electron chi connectivity index (χ0n) is 10.1. The lowest BCUT2D eigenvalue weighted by molar-refractivity contribution is 0.0697. The topological polar surface area (TPSA) is 61.7 Å². The second-order valence-electron chi connectivity index (χ2n) is 3.84. The van der Waals surface area contributed by atoms with Crippen molar-refractivity contribution in [2.45, 2.75) is 6.92 Å². The number of nitrogens with one attached hydrogen (secondary N) is 1. The summed E-state index contributed by atoms with van der Waals surface area (Å²) in [6.45, 7) is 2.00. The maximum absolute atomic E-state index is 10.9. The number of carbonyl (C=O) groups is 1. The normalized spacial score (nSPS) is 10.8. The fraction of sp³-hybridized carbons (Fsp3) is 0.0769. The van der Waals surface area contributed by atoms with Crippen molar-refractivity contribution < 1.29 is 9.90 Å². The van der Waals surface area contributed by atoms with Crippen LogP contribution in [-0.2, 0) is 0 Å². The molecule has 2 aromatic rings. The Labute approximate surface area is 119 Å². The number of hydrogen-bond acceptors (Lipinski definition) is 4. The van der Waals surface area contributed by atoms with Crippen LogP contribution in [0.25, 0.3) is 0 Å². The highest BCUT2D eigenvalue weighted by Gasteiger charge is 2.08. The molecular weight excluding hydrogens is 284 g/mol. The highest BCUT2D eigenvalue weighted by Crippen LogP contribution is 2.20. The third-order valence-electron chi connectivity index (χ3n) is 2.47. The van der Waals surface area contributed by atoms with Crippen LogP contribution in [0.1, 0.15) is 20.8 Å². The molecule has 1 heterocycles. The number of carboxylic acids is 1. The molecular formula is C13H11ClN2O2S. The van der Waals surface area contributed by atoms with Crippen LogP contribution >= 0.6 is 22.9 Å². The quantitative estimate of drug-likeness (QED) is 0.665. The van der Waals surface area contributed by atoms with Gasteiger partial charge in [0.15, 0.2) is 0 Å². The van der Waals surface area contributed by atoms with Crippen molar-refractivity contribution in [1.29, 1.82) is 0 Å². The van der Waals surface area contributed by atoms with Gasteiger partial charge in [0.25, 0.3) is 0 Å². The molecule has 1 aromatic carbocycles. The Morgan fingerprint density at radius 3 is 2.89 bits per heavy atom. The molecule has 6 heteroatoms. The summed E-state index contributed by atoms with van der Waals surface area (Å²) in [7, 11) is 0. The summed E-state index contributed by atoms with van der Waals surface area (Å²) < 4.78 is 0.